The van der Waals surface area contributed by atoms with Gasteiger partial charge >= 0.3 is 5.97 Å². The topological polar surface area (TPSA) is 149 Å². The van der Waals surface area contributed by atoms with Gasteiger partial charge in [0.1, 0.15) is 11.4 Å². The predicted molar refractivity (Wildman–Crippen MR) is 106 cm³/mol. The number of nitrogens with one attached hydrogen (secondary N) is 2. The molecule has 158 valence electrons. The third kappa shape index (κ3) is 4.70. The molecule has 2 aromatic heterocycles. The lowest BCUT2D eigenvalue weighted by Gasteiger charge is -2.12. The summed E-state index contributed by atoms with van der Waals surface area (Å²) in [5.74, 6) is -1.98. The van der Waals surface area contributed by atoms with Crippen molar-refractivity contribution in [1.82, 2.24) is 14.7 Å². The Kier molecular flexibility index (Phi) is 5.97. The zero-order valence-electron chi connectivity index (χ0n) is 15.8. The van der Waals surface area contributed by atoms with Crippen LogP contribution in [0.15, 0.2) is 35.3 Å². The lowest BCUT2D eigenvalue weighted by atomic mass is 9.99. The quantitative estimate of drug-likeness (QED) is 0.430. The number of hydrogen-bond acceptors (Lipinski definition) is 6. The minimum atomic E-state index is -3.47. The van der Waals surface area contributed by atoms with E-state index in [2.05, 4.69) is 14.7 Å². The molecule has 0 radical (unpaired) electrons. The van der Waals surface area contributed by atoms with Gasteiger partial charge in [-0.3, -0.25) is 9.78 Å². The summed E-state index contributed by atoms with van der Waals surface area (Å²) in [6, 6.07) is 5.57. The van der Waals surface area contributed by atoms with Gasteiger partial charge in [-0.1, -0.05) is 6.07 Å². The maximum Gasteiger partial charge on any atom is 0.341 e. The van der Waals surface area contributed by atoms with Crippen molar-refractivity contribution in [2.45, 2.75) is 19.6 Å². The largest absolute Gasteiger partial charge is 0.477 e. The molecule has 0 unspecified atom stereocenters. The van der Waals surface area contributed by atoms with Gasteiger partial charge in [0, 0.05) is 18.3 Å². The molecule has 3 rings (SSSR count). The number of carboxylic acid groups (broad SMARTS) is 1. The van der Waals surface area contributed by atoms with Gasteiger partial charge in [-0.2, -0.15) is 0 Å². The lowest BCUT2D eigenvalue weighted by molar-refractivity contribution is 0.0691. The van der Waals surface area contributed by atoms with Crippen LogP contribution in [0, 0.1) is 5.82 Å². The molecule has 0 saturated carbocycles. The zero-order chi connectivity index (χ0) is 22.1. The van der Waals surface area contributed by atoms with Crippen molar-refractivity contribution in [3.05, 3.63) is 74.5 Å². The second-order valence-electron chi connectivity index (χ2n) is 6.69. The van der Waals surface area contributed by atoms with Crippen LogP contribution in [0.5, 0.6) is 0 Å². The number of aromatic nitrogens is 2. The fourth-order valence-corrected chi connectivity index (χ4v) is 3.54. The fraction of sp³-hybridized carbons (Fsp3) is 0.211. The summed E-state index contributed by atoms with van der Waals surface area (Å²) in [6.07, 6.45) is 2.70. The summed E-state index contributed by atoms with van der Waals surface area (Å²) in [5.41, 5.74) is 0.549. The van der Waals surface area contributed by atoms with Gasteiger partial charge in [-0.05, 0) is 41.3 Å². The number of fused-ring (bicyclic) bond motifs is 1. The molecule has 0 aliphatic rings. The van der Waals surface area contributed by atoms with Crippen molar-refractivity contribution < 1.29 is 27.8 Å². The van der Waals surface area contributed by atoms with E-state index in [1.165, 1.54) is 24.4 Å². The summed E-state index contributed by atoms with van der Waals surface area (Å²) in [4.78, 5) is 30.1. The first-order chi connectivity index (χ1) is 14.1. The second-order valence-corrected chi connectivity index (χ2v) is 8.53. The summed E-state index contributed by atoms with van der Waals surface area (Å²) >= 11 is 0. The number of H-pyrrole nitrogens is 1. The first-order valence-electron chi connectivity index (χ1n) is 8.69. The number of carboxylic acids is 1. The number of halogens is 1. The smallest absolute Gasteiger partial charge is 0.341 e. The monoisotopic (exact) mass is 435 g/mol. The Morgan fingerprint density at radius 1 is 1.27 bits per heavy atom. The molecule has 1 aromatic carbocycles. The predicted octanol–water partition coefficient (Wildman–Crippen LogP) is 0.893. The highest BCUT2D eigenvalue weighted by Crippen LogP contribution is 2.21. The average molecular weight is 435 g/mol. The maximum absolute atomic E-state index is 13.6. The second kappa shape index (κ2) is 8.30. The highest BCUT2D eigenvalue weighted by atomic mass is 32.2. The van der Waals surface area contributed by atoms with E-state index < -0.39 is 39.5 Å². The van der Waals surface area contributed by atoms with E-state index in [9.17, 15) is 32.6 Å². The third-order valence-electron chi connectivity index (χ3n) is 4.47. The molecule has 2 heterocycles. The molecule has 0 amide bonds. The van der Waals surface area contributed by atoms with Gasteiger partial charge in [-0.25, -0.2) is 22.3 Å². The normalized spacial score (nSPS) is 11.7. The Labute approximate surface area is 170 Å². The van der Waals surface area contributed by atoms with E-state index in [1.807, 2.05) is 0 Å². The standard InChI is InChI=1S/C19H18FN3O6S/c1-30(28,29)22-8-12-6-13(20)3-2-11(12)4-10-5-15-17(21-7-10)14(9-24)16(19(26)27)18(25)23-15/h2-3,5-7,22,24H,4,8-9H2,1H3,(H,23,25)(H,26,27). The Morgan fingerprint density at radius 3 is 2.63 bits per heavy atom. The maximum atomic E-state index is 13.6. The molecule has 30 heavy (non-hydrogen) atoms. The van der Waals surface area contributed by atoms with Gasteiger partial charge in [0.2, 0.25) is 10.0 Å². The van der Waals surface area contributed by atoms with Gasteiger partial charge in [0.25, 0.3) is 5.56 Å². The molecule has 0 saturated heterocycles. The number of aromatic amines is 1. The van der Waals surface area contributed by atoms with Gasteiger partial charge in [0.05, 0.1) is 23.9 Å². The third-order valence-corrected chi connectivity index (χ3v) is 5.14. The number of nitrogens with zero attached hydrogens (tertiary/aromatic N) is 1. The molecule has 0 spiro atoms. The number of benzene rings is 1. The number of rotatable bonds is 7. The first kappa shape index (κ1) is 21.6. The van der Waals surface area contributed by atoms with Crippen LogP contribution < -0.4 is 10.3 Å². The number of hydrogen-bond donors (Lipinski definition) is 4. The number of sulfonamides is 1. The first-order valence-corrected chi connectivity index (χ1v) is 10.6. The van der Waals surface area contributed by atoms with Crippen LogP contribution in [0.1, 0.15) is 32.6 Å². The Hall–Kier alpha value is -3.15. The lowest BCUT2D eigenvalue weighted by Crippen LogP contribution is -2.22. The number of aliphatic hydroxyl groups is 1. The number of aromatic carboxylic acids is 1. The molecule has 3 aromatic rings. The fourth-order valence-electron chi connectivity index (χ4n) is 3.12. The molecule has 0 fully saturated rings. The van der Waals surface area contributed by atoms with Gasteiger partial charge in [-0.15, -0.1) is 0 Å². The van der Waals surface area contributed by atoms with Gasteiger partial charge in [0.15, 0.2) is 0 Å². The van der Waals surface area contributed by atoms with Crippen LogP contribution in [0.3, 0.4) is 0 Å². The number of pyridine rings is 2. The number of carbonyl (C=O) groups is 1. The molecule has 11 heteroatoms. The highest BCUT2D eigenvalue weighted by molar-refractivity contribution is 7.88. The molecular weight excluding hydrogens is 417 g/mol. The molecule has 0 atom stereocenters. The van der Waals surface area contributed by atoms with Crippen LogP contribution in [-0.2, 0) is 29.6 Å². The van der Waals surface area contributed by atoms with E-state index in [0.717, 1.165) is 6.26 Å². The molecular formula is C19H18FN3O6S. The van der Waals surface area contributed by atoms with Crippen molar-refractivity contribution in [2.75, 3.05) is 6.26 Å². The van der Waals surface area contributed by atoms with Gasteiger partial charge < -0.3 is 15.2 Å². The van der Waals surface area contributed by atoms with Crippen LogP contribution in [0.4, 0.5) is 4.39 Å². The van der Waals surface area contributed by atoms with Crippen molar-refractivity contribution >= 4 is 27.0 Å². The summed E-state index contributed by atoms with van der Waals surface area (Å²) in [6.45, 7) is -0.770. The van der Waals surface area contributed by atoms with E-state index >= 15 is 0 Å². The Bertz CT molecular complexity index is 1300. The summed E-state index contributed by atoms with van der Waals surface area (Å²) in [7, 11) is -3.47. The van der Waals surface area contributed by atoms with E-state index in [4.69, 9.17) is 0 Å². The average Bonchev–Trinajstić information content (AvgIpc) is 2.65. The zero-order valence-corrected chi connectivity index (χ0v) is 16.6. The Balaban J connectivity index is 2.02. The van der Waals surface area contributed by atoms with Crippen molar-refractivity contribution in [2.24, 2.45) is 0 Å². The van der Waals surface area contributed by atoms with E-state index in [-0.39, 0.29) is 29.6 Å². The summed E-state index contributed by atoms with van der Waals surface area (Å²) < 4.78 is 38.7. The number of aliphatic hydroxyl groups excluding tert-OH is 1. The molecule has 0 bridgehead atoms. The van der Waals surface area contributed by atoms with Crippen LogP contribution in [-0.4, -0.2) is 40.8 Å². The Morgan fingerprint density at radius 2 is 2.00 bits per heavy atom. The van der Waals surface area contributed by atoms with Crippen molar-refractivity contribution in [1.29, 1.82) is 0 Å². The van der Waals surface area contributed by atoms with Crippen LogP contribution >= 0.6 is 0 Å². The van der Waals surface area contributed by atoms with Crippen LogP contribution in [0.25, 0.3) is 11.0 Å². The summed E-state index contributed by atoms with van der Waals surface area (Å²) in [5, 5.41) is 18.7. The minimum absolute atomic E-state index is 0.0902. The molecule has 0 aliphatic heterocycles. The van der Waals surface area contributed by atoms with E-state index in [0.29, 0.717) is 16.7 Å². The molecule has 4 N–H and O–H groups in total. The highest BCUT2D eigenvalue weighted by Gasteiger charge is 2.19. The minimum Gasteiger partial charge on any atom is -0.477 e. The molecule has 0 aliphatic carbocycles. The van der Waals surface area contributed by atoms with Crippen molar-refractivity contribution in [3.8, 4) is 0 Å². The van der Waals surface area contributed by atoms with Crippen LogP contribution in [0.2, 0.25) is 0 Å². The SMILES string of the molecule is CS(=O)(=O)NCc1cc(F)ccc1Cc1cnc2c(CO)c(C(=O)O)c(=O)[nH]c2c1. The van der Waals surface area contributed by atoms with Crippen molar-refractivity contribution in [3.63, 3.8) is 0 Å². The van der Waals surface area contributed by atoms with E-state index in [1.54, 1.807) is 6.07 Å². The molecule has 9 nitrogen and oxygen atoms in total.